The average molecular weight is 246 g/mol. The number of methoxy groups -OCH3 is 1. The lowest BCUT2D eigenvalue weighted by Crippen LogP contribution is -2.60. The number of nitrogens with zero attached hydrogens (tertiary/aromatic N) is 1. The maximum Gasteiger partial charge on any atom is 0.410 e. The van der Waals surface area contributed by atoms with Gasteiger partial charge in [-0.25, -0.2) is 4.79 Å². The third-order valence-electron chi connectivity index (χ3n) is 2.17. The summed E-state index contributed by atoms with van der Waals surface area (Å²) in [5, 5.41) is 0. The lowest BCUT2D eigenvalue weighted by molar-refractivity contribution is -0.0540. The zero-order chi connectivity index (χ0) is 12.9. The predicted molar refractivity (Wildman–Crippen MR) is 62.6 cm³/mol. The first kappa shape index (κ1) is 14.2. The Morgan fingerprint density at radius 2 is 2.00 bits per heavy atom. The van der Waals surface area contributed by atoms with Gasteiger partial charge in [-0.1, -0.05) is 0 Å². The van der Waals surface area contributed by atoms with Crippen molar-refractivity contribution in [3.05, 3.63) is 0 Å². The summed E-state index contributed by atoms with van der Waals surface area (Å²) >= 11 is 0. The lowest BCUT2D eigenvalue weighted by atomic mass is 10.1. The molecule has 0 aromatic heterocycles. The van der Waals surface area contributed by atoms with Gasteiger partial charge in [0.05, 0.1) is 19.3 Å². The number of carbonyl (C=O) groups is 1. The third-order valence-corrected chi connectivity index (χ3v) is 2.17. The van der Waals surface area contributed by atoms with Crippen LogP contribution < -0.4 is 5.48 Å². The van der Waals surface area contributed by atoms with E-state index in [2.05, 4.69) is 5.48 Å². The van der Waals surface area contributed by atoms with E-state index >= 15 is 0 Å². The first-order valence-electron chi connectivity index (χ1n) is 5.76. The molecule has 1 amide bonds. The zero-order valence-corrected chi connectivity index (χ0v) is 11.0. The molecule has 1 N–H and O–H groups in total. The van der Waals surface area contributed by atoms with Crippen molar-refractivity contribution >= 4 is 6.09 Å². The molecule has 0 bridgehead atoms. The fourth-order valence-electron chi connectivity index (χ4n) is 1.33. The Labute approximate surface area is 102 Å². The number of rotatable bonds is 5. The maximum absolute atomic E-state index is 11.6. The molecule has 17 heavy (non-hydrogen) atoms. The minimum Gasteiger partial charge on any atom is -0.444 e. The van der Waals surface area contributed by atoms with Gasteiger partial charge in [0, 0.05) is 20.2 Å². The maximum atomic E-state index is 11.6. The molecule has 6 heteroatoms. The summed E-state index contributed by atoms with van der Waals surface area (Å²) < 4.78 is 10.1. The summed E-state index contributed by atoms with van der Waals surface area (Å²) in [6, 6.07) is 0.180. The molecule has 1 heterocycles. The van der Waals surface area contributed by atoms with E-state index in [-0.39, 0.29) is 12.1 Å². The standard InChI is InChI=1S/C11H22N2O4/c1-11(2,3)17-10(14)13-7-9(8-13)12-16-6-5-15-4/h9,12H,5-8H2,1-4H3. The Morgan fingerprint density at radius 1 is 1.35 bits per heavy atom. The molecule has 1 saturated heterocycles. The zero-order valence-electron chi connectivity index (χ0n) is 11.0. The number of hydrogen-bond acceptors (Lipinski definition) is 5. The second-order valence-electron chi connectivity index (χ2n) is 5.04. The average Bonchev–Trinajstić information content (AvgIpc) is 2.11. The molecule has 1 aliphatic rings. The second-order valence-corrected chi connectivity index (χ2v) is 5.04. The fraction of sp³-hybridized carbons (Fsp3) is 0.909. The highest BCUT2D eigenvalue weighted by Gasteiger charge is 2.33. The number of hydrogen-bond donors (Lipinski definition) is 1. The topological polar surface area (TPSA) is 60.0 Å². The molecular weight excluding hydrogens is 224 g/mol. The van der Waals surface area contributed by atoms with E-state index in [0.717, 1.165) is 0 Å². The van der Waals surface area contributed by atoms with Crippen LogP contribution in [0.1, 0.15) is 20.8 Å². The van der Waals surface area contributed by atoms with E-state index in [9.17, 15) is 4.79 Å². The van der Waals surface area contributed by atoms with Crippen LogP contribution in [-0.2, 0) is 14.3 Å². The number of hydroxylamine groups is 1. The molecule has 100 valence electrons. The molecule has 1 rings (SSSR count). The molecule has 0 aromatic rings. The van der Waals surface area contributed by atoms with Crippen LogP contribution in [0.5, 0.6) is 0 Å². The van der Waals surface area contributed by atoms with E-state index in [0.29, 0.717) is 26.3 Å². The first-order chi connectivity index (χ1) is 7.92. The molecular formula is C11H22N2O4. The predicted octanol–water partition coefficient (Wildman–Crippen LogP) is 0.773. The molecule has 0 saturated carbocycles. The number of nitrogens with one attached hydrogen (secondary N) is 1. The summed E-state index contributed by atoms with van der Waals surface area (Å²) in [6.07, 6.45) is -0.271. The molecule has 0 aliphatic carbocycles. The Morgan fingerprint density at radius 3 is 2.53 bits per heavy atom. The Balaban J connectivity index is 2.08. The van der Waals surface area contributed by atoms with Gasteiger partial charge in [-0.3, -0.25) is 4.84 Å². The van der Waals surface area contributed by atoms with Gasteiger partial charge in [0.2, 0.25) is 0 Å². The second kappa shape index (κ2) is 6.18. The van der Waals surface area contributed by atoms with E-state index in [1.54, 1.807) is 12.0 Å². The summed E-state index contributed by atoms with van der Waals surface area (Å²) in [6.45, 7) is 7.84. The molecule has 6 nitrogen and oxygen atoms in total. The van der Waals surface area contributed by atoms with Crippen molar-refractivity contribution in [1.82, 2.24) is 10.4 Å². The fourth-order valence-corrected chi connectivity index (χ4v) is 1.33. The van der Waals surface area contributed by atoms with E-state index < -0.39 is 5.60 Å². The SMILES string of the molecule is COCCONC1CN(C(=O)OC(C)(C)C)C1. The molecule has 0 spiro atoms. The van der Waals surface area contributed by atoms with Gasteiger partial charge in [0.25, 0.3) is 0 Å². The van der Waals surface area contributed by atoms with Crippen LogP contribution in [0, 0.1) is 0 Å². The lowest BCUT2D eigenvalue weighted by Gasteiger charge is -2.39. The molecule has 0 atom stereocenters. The third kappa shape index (κ3) is 5.34. The van der Waals surface area contributed by atoms with Crippen LogP contribution in [-0.4, -0.2) is 56.0 Å². The van der Waals surface area contributed by atoms with Gasteiger partial charge in [-0.2, -0.15) is 5.48 Å². The highest BCUT2D eigenvalue weighted by molar-refractivity contribution is 5.69. The van der Waals surface area contributed by atoms with Crippen LogP contribution >= 0.6 is 0 Å². The van der Waals surface area contributed by atoms with Crippen molar-refractivity contribution in [3.63, 3.8) is 0 Å². The smallest absolute Gasteiger partial charge is 0.410 e. The van der Waals surface area contributed by atoms with Crippen molar-refractivity contribution in [2.45, 2.75) is 32.4 Å². The van der Waals surface area contributed by atoms with Crippen molar-refractivity contribution in [2.75, 3.05) is 33.4 Å². The van der Waals surface area contributed by atoms with E-state index in [1.807, 2.05) is 20.8 Å². The summed E-state index contributed by atoms with van der Waals surface area (Å²) in [5.41, 5.74) is 2.43. The van der Waals surface area contributed by atoms with Gasteiger partial charge in [-0.15, -0.1) is 0 Å². The minimum absolute atomic E-state index is 0.180. The first-order valence-corrected chi connectivity index (χ1v) is 5.76. The Hall–Kier alpha value is -0.850. The van der Waals surface area contributed by atoms with E-state index in [1.165, 1.54) is 0 Å². The molecule has 1 fully saturated rings. The number of ether oxygens (including phenoxy) is 2. The van der Waals surface area contributed by atoms with Crippen molar-refractivity contribution in [1.29, 1.82) is 0 Å². The van der Waals surface area contributed by atoms with Crippen LogP contribution in [0.2, 0.25) is 0 Å². The Kier molecular flexibility index (Phi) is 5.17. The number of carbonyl (C=O) groups excluding carboxylic acids is 1. The van der Waals surface area contributed by atoms with E-state index in [4.69, 9.17) is 14.3 Å². The van der Waals surface area contributed by atoms with Gasteiger partial charge in [0.15, 0.2) is 0 Å². The quantitative estimate of drug-likeness (QED) is 0.573. The van der Waals surface area contributed by atoms with Crippen molar-refractivity contribution in [3.8, 4) is 0 Å². The van der Waals surface area contributed by atoms with Crippen LogP contribution in [0.4, 0.5) is 4.79 Å². The highest BCUT2D eigenvalue weighted by atomic mass is 16.7. The molecule has 1 aliphatic heterocycles. The monoisotopic (exact) mass is 246 g/mol. The van der Waals surface area contributed by atoms with Crippen LogP contribution in [0.15, 0.2) is 0 Å². The minimum atomic E-state index is -0.440. The van der Waals surface area contributed by atoms with Crippen molar-refractivity contribution in [2.24, 2.45) is 0 Å². The number of amides is 1. The Bertz CT molecular complexity index is 246. The summed E-state index contributed by atoms with van der Waals surface area (Å²) in [7, 11) is 1.62. The van der Waals surface area contributed by atoms with Crippen molar-refractivity contribution < 1.29 is 19.1 Å². The normalized spacial score (nSPS) is 16.8. The van der Waals surface area contributed by atoms with Gasteiger partial charge < -0.3 is 14.4 Å². The molecule has 0 unspecified atom stereocenters. The number of likely N-dealkylation sites (tertiary alicyclic amines) is 1. The molecule has 0 radical (unpaired) electrons. The van der Waals surface area contributed by atoms with Gasteiger partial charge >= 0.3 is 6.09 Å². The highest BCUT2D eigenvalue weighted by Crippen LogP contribution is 2.14. The molecule has 0 aromatic carbocycles. The van der Waals surface area contributed by atoms with Gasteiger partial charge in [-0.05, 0) is 20.8 Å². The van der Waals surface area contributed by atoms with Gasteiger partial charge in [0.1, 0.15) is 5.60 Å². The largest absolute Gasteiger partial charge is 0.444 e. The summed E-state index contributed by atoms with van der Waals surface area (Å²) in [4.78, 5) is 18.4. The van der Waals surface area contributed by atoms with Crippen LogP contribution in [0.25, 0.3) is 0 Å². The summed E-state index contributed by atoms with van der Waals surface area (Å²) in [5.74, 6) is 0. The van der Waals surface area contributed by atoms with Crippen LogP contribution in [0.3, 0.4) is 0 Å².